The molecule has 3 rings (SSSR count). The summed E-state index contributed by atoms with van der Waals surface area (Å²) in [6.45, 7) is 3.66. The number of likely N-dealkylation sites (N-methyl/N-ethyl adjacent to an activating group) is 1. The van der Waals surface area contributed by atoms with Crippen LogP contribution in [0.15, 0.2) is 34.9 Å². The number of benzene rings is 1. The van der Waals surface area contributed by atoms with Crippen molar-refractivity contribution in [2.45, 2.75) is 31.8 Å². The van der Waals surface area contributed by atoms with Crippen LogP contribution in [0.2, 0.25) is 0 Å². The van der Waals surface area contributed by atoms with Gasteiger partial charge in [0.05, 0.1) is 6.54 Å². The highest BCUT2D eigenvalue weighted by Gasteiger charge is 2.24. The molecule has 1 saturated heterocycles. The van der Waals surface area contributed by atoms with Gasteiger partial charge in [-0.15, -0.1) is 0 Å². The Bertz CT molecular complexity index is 703. The summed E-state index contributed by atoms with van der Waals surface area (Å²) >= 11 is 0. The summed E-state index contributed by atoms with van der Waals surface area (Å²) in [5.74, 6) is 0.244. The first-order chi connectivity index (χ1) is 12.7. The molecule has 0 spiro atoms. The minimum atomic E-state index is -0.346. The van der Waals surface area contributed by atoms with Crippen LogP contribution in [0.5, 0.6) is 0 Å². The number of nitrogens with one attached hydrogen (secondary N) is 1. The lowest BCUT2D eigenvalue weighted by Crippen LogP contribution is -2.46. The summed E-state index contributed by atoms with van der Waals surface area (Å²) in [6, 6.07) is 11.1. The number of hydrogen-bond acceptors (Lipinski definition) is 6. The molecule has 2 aromatic rings. The lowest BCUT2D eigenvalue weighted by molar-refractivity contribution is 0.0919. The van der Waals surface area contributed by atoms with E-state index in [1.54, 1.807) is 7.05 Å². The maximum atomic E-state index is 11.5. The van der Waals surface area contributed by atoms with Crippen molar-refractivity contribution >= 4 is 5.91 Å². The van der Waals surface area contributed by atoms with E-state index in [1.807, 2.05) is 0 Å². The first-order valence-electron chi connectivity index (χ1n) is 9.17. The molecular weight excluding hydrogens is 330 g/mol. The first kappa shape index (κ1) is 18.5. The van der Waals surface area contributed by atoms with Gasteiger partial charge in [0.2, 0.25) is 0 Å². The van der Waals surface area contributed by atoms with Crippen molar-refractivity contribution < 1.29 is 9.32 Å². The Morgan fingerprint density at radius 2 is 2.19 bits per heavy atom. The van der Waals surface area contributed by atoms with E-state index in [4.69, 9.17) is 4.52 Å². The number of amides is 1. The highest BCUT2D eigenvalue weighted by Crippen LogP contribution is 2.17. The Kier molecular flexibility index (Phi) is 6.35. The van der Waals surface area contributed by atoms with Crippen LogP contribution in [0.25, 0.3) is 0 Å². The van der Waals surface area contributed by atoms with E-state index in [2.05, 4.69) is 62.6 Å². The summed E-state index contributed by atoms with van der Waals surface area (Å²) in [6.07, 6.45) is 3.42. The summed E-state index contributed by atoms with van der Waals surface area (Å²) < 4.78 is 5.01. The standard InChI is InChI=1S/C19H27N5O2/c1-20-18(25)19-21-17(22-26-19)14-24-11-6-9-16(13-24)23(2)12-10-15-7-4-3-5-8-15/h3-5,7-8,16H,6,9-14H2,1-2H3,(H,20,25)/t16-/m1/s1. The molecule has 0 bridgehead atoms. The number of hydrogen-bond donors (Lipinski definition) is 1. The monoisotopic (exact) mass is 357 g/mol. The average molecular weight is 357 g/mol. The largest absolute Gasteiger partial charge is 0.351 e. The van der Waals surface area contributed by atoms with Gasteiger partial charge in [0.15, 0.2) is 5.82 Å². The van der Waals surface area contributed by atoms with Crippen molar-refractivity contribution in [3.63, 3.8) is 0 Å². The molecule has 0 unspecified atom stereocenters. The van der Waals surface area contributed by atoms with Crippen LogP contribution in [-0.2, 0) is 13.0 Å². The molecule has 1 aromatic heterocycles. The second kappa shape index (κ2) is 8.91. The number of carbonyl (C=O) groups is 1. The molecule has 2 heterocycles. The van der Waals surface area contributed by atoms with Crippen LogP contribution < -0.4 is 5.32 Å². The lowest BCUT2D eigenvalue weighted by Gasteiger charge is -2.37. The maximum Gasteiger partial charge on any atom is 0.315 e. The number of aromatic nitrogens is 2. The van der Waals surface area contributed by atoms with E-state index in [9.17, 15) is 4.79 Å². The summed E-state index contributed by atoms with van der Waals surface area (Å²) in [5, 5.41) is 6.42. The van der Waals surface area contributed by atoms with E-state index in [-0.39, 0.29) is 11.8 Å². The molecule has 0 saturated carbocycles. The van der Waals surface area contributed by atoms with E-state index < -0.39 is 0 Å². The fourth-order valence-corrected chi connectivity index (χ4v) is 3.38. The minimum absolute atomic E-state index is 0.0241. The molecule has 0 aliphatic carbocycles. The summed E-state index contributed by atoms with van der Waals surface area (Å²) in [4.78, 5) is 20.5. The smallest absolute Gasteiger partial charge is 0.315 e. The third-order valence-corrected chi connectivity index (χ3v) is 4.95. The third-order valence-electron chi connectivity index (χ3n) is 4.95. The third kappa shape index (κ3) is 4.89. The van der Waals surface area contributed by atoms with Gasteiger partial charge in [-0.1, -0.05) is 35.5 Å². The molecule has 0 radical (unpaired) electrons. The number of rotatable bonds is 7. The van der Waals surface area contributed by atoms with Gasteiger partial charge in [-0.25, -0.2) is 0 Å². The van der Waals surface area contributed by atoms with Crippen LogP contribution >= 0.6 is 0 Å². The van der Waals surface area contributed by atoms with Gasteiger partial charge in [0, 0.05) is 26.2 Å². The normalized spacial score (nSPS) is 18.2. The Morgan fingerprint density at radius 3 is 2.96 bits per heavy atom. The van der Waals surface area contributed by atoms with E-state index in [0.29, 0.717) is 18.4 Å². The molecule has 1 atom stereocenters. The summed E-state index contributed by atoms with van der Waals surface area (Å²) in [5.41, 5.74) is 1.38. The molecular formula is C19H27N5O2. The number of piperidine rings is 1. The molecule has 1 amide bonds. The van der Waals surface area contributed by atoms with Crippen molar-refractivity contribution in [3.8, 4) is 0 Å². The van der Waals surface area contributed by atoms with Crippen LogP contribution in [0, 0.1) is 0 Å². The van der Waals surface area contributed by atoms with Crippen molar-refractivity contribution in [1.82, 2.24) is 25.3 Å². The van der Waals surface area contributed by atoms with Gasteiger partial charge in [0.25, 0.3) is 0 Å². The SMILES string of the molecule is CNC(=O)c1nc(CN2CCC[C@@H](N(C)CCc3ccccc3)C2)no1. The Morgan fingerprint density at radius 1 is 1.38 bits per heavy atom. The molecule has 26 heavy (non-hydrogen) atoms. The maximum absolute atomic E-state index is 11.5. The molecule has 1 aliphatic rings. The Balaban J connectivity index is 1.50. The van der Waals surface area contributed by atoms with Crippen molar-refractivity contribution in [1.29, 1.82) is 0 Å². The quantitative estimate of drug-likeness (QED) is 0.811. The summed E-state index contributed by atoms with van der Waals surface area (Å²) in [7, 11) is 3.75. The van der Waals surface area contributed by atoms with Gasteiger partial charge in [-0.05, 0) is 38.4 Å². The highest BCUT2D eigenvalue weighted by molar-refractivity contribution is 5.89. The van der Waals surface area contributed by atoms with Gasteiger partial charge in [-0.3, -0.25) is 9.69 Å². The Labute approximate surface area is 154 Å². The fraction of sp³-hybridized carbons (Fsp3) is 0.526. The predicted octanol–water partition coefficient (Wildman–Crippen LogP) is 1.57. The molecule has 1 N–H and O–H groups in total. The van der Waals surface area contributed by atoms with E-state index in [1.165, 1.54) is 12.0 Å². The topological polar surface area (TPSA) is 74.5 Å². The molecule has 1 fully saturated rings. The molecule has 7 nitrogen and oxygen atoms in total. The van der Waals surface area contributed by atoms with E-state index in [0.717, 1.165) is 32.5 Å². The molecule has 1 aliphatic heterocycles. The second-order valence-electron chi connectivity index (χ2n) is 6.84. The van der Waals surface area contributed by atoms with Gasteiger partial charge >= 0.3 is 11.8 Å². The minimum Gasteiger partial charge on any atom is -0.351 e. The van der Waals surface area contributed by atoms with Crippen LogP contribution in [0.1, 0.15) is 34.9 Å². The predicted molar refractivity (Wildman–Crippen MR) is 98.8 cm³/mol. The molecule has 1 aromatic carbocycles. The van der Waals surface area contributed by atoms with Crippen LogP contribution in [-0.4, -0.2) is 65.6 Å². The molecule has 140 valence electrons. The average Bonchev–Trinajstić information content (AvgIpc) is 3.15. The highest BCUT2D eigenvalue weighted by atomic mass is 16.5. The number of likely N-dealkylation sites (tertiary alicyclic amines) is 1. The van der Waals surface area contributed by atoms with Crippen molar-refractivity contribution in [3.05, 3.63) is 47.6 Å². The number of carbonyl (C=O) groups excluding carboxylic acids is 1. The van der Waals surface area contributed by atoms with Crippen molar-refractivity contribution in [2.75, 3.05) is 33.7 Å². The first-order valence-corrected chi connectivity index (χ1v) is 9.17. The lowest BCUT2D eigenvalue weighted by atomic mass is 10.0. The van der Waals surface area contributed by atoms with E-state index >= 15 is 0 Å². The zero-order valence-corrected chi connectivity index (χ0v) is 15.5. The zero-order chi connectivity index (χ0) is 18.4. The van der Waals surface area contributed by atoms with Gasteiger partial charge in [-0.2, -0.15) is 4.98 Å². The van der Waals surface area contributed by atoms with Gasteiger partial charge in [0.1, 0.15) is 0 Å². The Hall–Kier alpha value is -2.25. The number of nitrogens with zero attached hydrogens (tertiary/aromatic N) is 4. The van der Waals surface area contributed by atoms with Crippen molar-refractivity contribution in [2.24, 2.45) is 0 Å². The fourth-order valence-electron chi connectivity index (χ4n) is 3.38. The second-order valence-corrected chi connectivity index (χ2v) is 6.84. The van der Waals surface area contributed by atoms with Crippen LogP contribution in [0.3, 0.4) is 0 Å². The van der Waals surface area contributed by atoms with Gasteiger partial charge < -0.3 is 14.7 Å². The molecule has 7 heteroatoms. The van der Waals surface area contributed by atoms with Crippen LogP contribution in [0.4, 0.5) is 0 Å². The zero-order valence-electron chi connectivity index (χ0n) is 15.5.